The molecule has 1 N–H and O–H groups in total. The van der Waals surface area contributed by atoms with Crippen molar-refractivity contribution in [2.75, 3.05) is 43.2 Å². The molecule has 0 atom stereocenters. The first kappa shape index (κ1) is 23.5. The fourth-order valence-electron chi connectivity index (χ4n) is 4.88. The molecule has 0 bridgehead atoms. The van der Waals surface area contributed by atoms with E-state index in [0.29, 0.717) is 23.4 Å². The maximum absolute atomic E-state index is 12.7. The van der Waals surface area contributed by atoms with Crippen LogP contribution < -0.4 is 20.1 Å². The van der Waals surface area contributed by atoms with E-state index in [0.717, 1.165) is 45.6 Å². The second-order valence-electron chi connectivity index (χ2n) is 9.11. The number of ether oxygens (including phenoxy) is 1. The number of hydrogen-bond acceptors (Lipinski definition) is 7. The van der Waals surface area contributed by atoms with Crippen molar-refractivity contribution in [1.82, 2.24) is 14.3 Å². The average molecular weight is 485 g/mol. The summed E-state index contributed by atoms with van der Waals surface area (Å²) in [5.74, 6) is 0.568. The predicted octanol–water partition coefficient (Wildman–Crippen LogP) is 3.08. The Hall–Kier alpha value is -4.29. The lowest BCUT2D eigenvalue weighted by atomic mass is 9.98. The van der Waals surface area contributed by atoms with Gasteiger partial charge in [0.05, 0.1) is 47.0 Å². The van der Waals surface area contributed by atoms with Gasteiger partial charge in [0, 0.05) is 74.6 Å². The number of rotatable bonds is 5. The van der Waals surface area contributed by atoms with E-state index < -0.39 is 0 Å². The summed E-state index contributed by atoms with van der Waals surface area (Å²) in [6.45, 7) is 3.30. The van der Waals surface area contributed by atoms with Crippen LogP contribution in [0.3, 0.4) is 0 Å². The summed E-state index contributed by atoms with van der Waals surface area (Å²) >= 11 is 0. The Kier molecular flexibility index (Phi) is 5.90. The van der Waals surface area contributed by atoms with Crippen molar-refractivity contribution in [2.24, 2.45) is 14.1 Å². The summed E-state index contributed by atoms with van der Waals surface area (Å²) in [5.41, 5.74) is 6.38. The van der Waals surface area contributed by atoms with Crippen LogP contribution in [0.4, 0.5) is 17.1 Å². The normalized spacial score (nSPS) is 13.1. The molecular weight excluding hydrogens is 456 g/mol. The minimum atomic E-state index is -0.111. The molecule has 3 heterocycles. The molecule has 36 heavy (non-hydrogen) atoms. The Bertz CT molecular complexity index is 1580. The van der Waals surface area contributed by atoms with Crippen LogP contribution in [0.25, 0.3) is 22.0 Å². The summed E-state index contributed by atoms with van der Waals surface area (Å²) in [5, 5.41) is 24.5. The Balaban J connectivity index is 1.75. The molecular formula is C27H28N6O3. The number of aliphatic hydroxyl groups is 1. The fourth-order valence-corrected chi connectivity index (χ4v) is 4.88. The van der Waals surface area contributed by atoms with Crippen molar-refractivity contribution in [3.05, 3.63) is 64.2 Å². The molecule has 0 aliphatic carbocycles. The molecule has 9 nitrogen and oxygen atoms in total. The van der Waals surface area contributed by atoms with Crippen LogP contribution in [-0.2, 0) is 14.1 Å². The van der Waals surface area contributed by atoms with Crippen LogP contribution in [0.5, 0.6) is 5.75 Å². The number of likely N-dealkylation sites (N-methyl/N-ethyl adjacent to an activating group) is 1. The van der Waals surface area contributed by atoms with Crippen LogP contribution in [0.2, 0.25) is 0 Å². The zero-order valence-electron chi connectivity index (χ0n) is 20.8. The Morgan fingerprint density at radius 2 is 1.89 bits per heavy atom. The van der Waals surface area contributed by atoms with Gasteiger partial charge >= 0.3 is 0 Å². The molecule has 0 fully saturated rings. The number of anilines is 3. The quantitative estimate of drug-likeness (QED) is 0.465. The van der Waals surface area contributed by atoms with Gasteiger partial charge in [0.25, 0.3) is 5.56 Å². The van der Waals surface area contributed by atoms with Gasteiger partial charge in [-0.3, -0.25) is 9.48 Å². The first-order valence-electron chi connectivity index (χ1n) is 11.8. The average Bonchev–Trinajstić information content (AvgIpc) is 3.31. The highest BCUT2D eigenvalue weighted by Gasteiger charge is 2.27. The monoisotopic (exact) mass is 484 g/mol. The van der Waals surface area contributed by atoms with Gasteiger partial charge in [-0.15, -0.1) is 0 Å². The molecule has 9 heteroatoms. The number of fused-ring (bicyclic) bond motifs is 2. The number of pyridine rings is 1. The van der Waals surface area contributed by atoms with Gasteiger partial charge in [0.2, 0.25) is 0 Å². The number of hydrogen-bond donors (Lipinski definition) is 1. The summed E-state index contributed by atoms with van der Waals surface area (Å²) in [6, 6.07) is 12.0. The minimum Gasteiger partial charge on any atom is -0.491 e. The highest BCUT2D eigenvalue weighted by atomic mass is 16.5. The van der Waals surface area contributed by atoms with Gasteiger partial charge in [-0.2, -0.15) is 10.4 Å². The van der Waals surface area contributed by atoms with Gasteiger partial charge in [-0.25, -0.2) is 0 Å². The van der Waals surface area contributed by atoms with E-state index >= 15 is 0 Å². The third-order valence-corrected chi connectivity index (χ3v) is 6.74. The maximum Gasteiger partial charge on any atom is 0.253 e. The Morgan fingerprint density at radius 3 is 2.58 bits per heavy atom. The minimum absolute atomic E-state index is 0.0700. The molecule has 4 aromatic rings. The zero-order chi connectivity index (χ0) is 25.6. The standard InChI is InChI=1S/C27H28N6O3/c1-17-9-22-23(32(4)27(17)35)11-20(36-8-7-34)12-24(22)33-6-5-30(2)25-13-21(18(14-28)10-26(25)33)19-15-29-31(3)16-19/h9-13,15-16,34H,5-8H2,1-4H3. The second-order valence-corrected chi connectivity index (χ2v) is 9.11. The van der Waals surface area contributed by atoms with Gasteiger partial charge in [0.15, 0.2) is 0 Å². The smallest absolute Gasteiger partial charge is 0.253 e. The molecule has 0 radical (unpaired) electrons. The molecule has 2 aromatic carbocycles. The number of aryl methyl sites for hydroxylation is 3. The third-order valence-electron chi connectivity index (χ3n) is 6.74. The molecule has 1 aliphatic rings. The first-order valence-corrected chi connectivity index (χ1v) is 11.8. The maximum atomic E-state index is 12.7. The number of nitrogens with zero attached hydrogens (tertiary/aromatic N) is 6. The second kappa shape index (κ2) is 9.06. The highest BCUT2D eigenvalue weighted by molar-refractivity contribution is 5.98. The molecule has 5 rings (SSSR count). The van der Waals surface area contributed by atoms with E-state index in [4.69, 9.17) is 4.74 Å². The van der Waals surface area contributed by atoms with Gasteiger partial charge < -0.3 is 24.2 Å². The SMILES string of the molecule is Cc1cc2c(N3CCN(C)c4cc(-c5cnn(C)c5)c(C#N)cc43)cc(OCCO)cc2n(C)c1=O. The van der Waals surface area contributed by atoms with Gasteiger partial charge in [-0.1, -0.05) is 0 Å². The molecule has 0 spiro atoms. The molecule has 0 saturated heterocycles. The lowest BCUT2D eigenvalue weighted by Gasteiger charge is -2.38. The summed E-state index contributed by atoms with van der Waals surface area (Å²) in [6.07, 6.45) is 3.67. The number of aromatic nitrogens is 3. The van der Waals surface area contributed by atoms with E-state index in [1.165, 1.54) is 0 Å². The van der Waals surface area contributed by atoms with E-state index in [9.17, 15) is 15.2 Å². The molecule has 0 unspecified atom stereocenters. The highest BCUT2D eigenvalue weighted by Crippen LogP contribution is 2.44. The predicted molar refractivity (Wildman–Crippen MR) is 140 cm³/mol. The third kappa shape index (κ3) is 3.85. The van der Waals surface area contributed by atoms with Crippen molar-refractivity contribution < 1.29 is 9.84 Å². The molecule has 0 saturated carbocycles. The topological polar surface area (TPSA) is 99.6 Å². The molecule has 1 aliphatic heterocycles. The van der Waals surface area contributed by atoms with E-state index in [2.05, 4.69) is 21.0 Å². The molecule has 0 amide bonds. The van der Waals surface area contributed by atoms with Crippen LogP contribution >= 0.6 is 0 Å². The summed E-state index contributed by atoms with van der Waals surface area (Å²) in [4.78, 5) is 17.1. The van der Waals surface area contributed by atoms with Crippen LogP contribution in [0.15, 0.2) is 47.5 Å². The number of benzene rings is 2. The first-order chi connectivity index (χ1) is 17.3. The summed E-state index contributed by atoms with van der Waals surface area (Å²) in [7, 11) is 5.65. The molecule has 2 aromatic heterocycles. The molecule has 184 valence electrons. The van der Waals surface area contributed by atoms with Crippen LogP contribution in [0.1, 0.15) is 11.1 Å². The zero-order valence-corrected chi connectivity index (χ0v) is 20.8. The Labute approximate surface area is 209 Å². The van der Waals surface area contributed by atoms with Crippen molar-refractivity contribution in [1.29, 1.82) is 5.26 Å². The van der Waals surface area contributed by atoms with Crippen molar-refractivity contribution in [3.63, 3.8) is 0 Å². The van der Waals surface area contributed by atoms with Crippen molar-refractivity contribution in [2.45, 2.75) is 6.92 Å². The van der Waals surface area contributed by atoms with Crippen LogP contribution in [0, 0.1) is 18.3 Å². The lowest BCUT2D eigenvalue weighted by molar-refractivity contribution is 0.201. The van der Waals surface area contributed by atoms with Crippen molar-refractivity contribution in [3.8, 4) is 22.9 Å². The largest absolute Gasteiger partial charge is 0.491 e. The Morgan fingerprint density at radius 1 is 1.08 bits per heavy atom. The van der Waals surface area contributed by atoms with Crippen LogP contribution in [-0.4, -0.2) is 52.8 Å². The van der Waals surface area contributed by atoms with E-state index in [1.807, 2.05) is 57.5 Å². The van der Waals surface area contributed by atoms with Crippen molar-refractivity contribution >= 4 is 28.0 Å². The van der Waals surface area contributed by atoms with E-state index in [-0.39, 0.29) is 18.8 Å². The fraction of sp³-hybridized carbons (Fsp3) is 0.296. The number of nitriles is 1. The lowest BCUT2D eigenvalue weighted by Crippen LogP contribution is -2.37. The van der Waals surface area contributed by atoms with Gasteiger partial charge in [0.1, 0.15) is 12.4 Å². The van der Waals surface area contributed by atoms with E-state index in [1.54, 1.807) is 22.5 Å². The van der Waals surface area contributed by atoms with Gasteiger partial charge in [-0.05, 0) is 25.1 Å². The summed E-state index contributed by atoms with van der Waals surface area (Å²) < 4.78 is 9.14. The number of aliphatic hydroxyl groups excluding tert-OH is 1.